The number of carboxylic acid groups (broad SMARTS) is 1. The van der Waals surface area contributed by atoms with Crippen molar-refractivity contribution in [2.24, 2.45) is 0 Å². The number of nitrogens with zero attached hydrogens (tertiary/aromatic N) is 2. The Labute approximate surface area is 223 Å². The number of carboxylic acids is 1. The molecular formula is C28H30F2N4O5. The van der Waals surface area contributed by atoms with Gasteiger partial charge in [-0.1, -0.05) is 12.1 Å². The van der Waals surface area contributed by atoms with E-state index in [9.17, 15) is 19.5 Å². The van der Waals surface area contributed by atoms with Crippen LogP contribution in [0, 0.1) is 11.6 Å². The van der Waals surface area contributed by atoms with Crippen LogP contribution >= 0.6 is 0 Å². The van der Waals surface area contributed by atoms with Crippen LogP contribution in [0.3, 0.4) is 0 Å². The van der Waals surface area contributed by atoms with Gasteiger partial charge in [-0.3, -0.25) is 4.79 Å². The van der Waals surface area contributed by atoms with E-state index in [0.29, 0.717) is 18.5 Å². The minimum Gasteiger partial charge on any atom is -0.477 e. The van der Waals surface area contributed by atoms with Gasteiger partial charge in [0.2, 0.25) is 5.43 Å². The summed E-state index contributed by atoms with van der Waals surface area (Å²) in [5.74, 6) is -3.74. The third kappa shape index (κ3) is 5.13. The zero-order chi connectivity index (χ0) is 28.2. The number of nitrogen functional groups attached to an aromatic ring is 1. The molecule has 3 aromatic rings. The topological polar surface area (TPSA) is 127 Å². The number of pyridine rings is 1. The number of nitrogens with two attached hydrogens (primary N) is 1. The van der Waals surface area contributed by atoms with Crippen LogP contribution in [0.25, 0.3) is 10.9 Å². The Morgan fingerprint density at radius 3 is 2.38 bits per heavy atom. The fourth-order valence-electron chi connectivity index (χ4n) is 5.19. The average molecular weight is 541 g/mol. The number of fused-ring (bicyclic) bond motifs is 1. The second kappa shape index (κ2) is 9.55. The van der Waals surface area contributed by atoms with Crippen molar-refractivity contribution in [3.8, 4) is 0 Å². The Balaban J connectivity index is 1.58. The normalized spacial score (nSPS) is 19.4. The molecule has 2 aromatic carbocycles. The lowest BCUT2D eigenvalue weighted by Crippen LogP contribution is -2.42. The van der Waals surface area contributed by atoms with E-state index < -0.39 is 46.3 Å². The van der Waals surface area contributed by atoms with Crippen molar-refractivity contribution in [3.63, 3.8) is 0 Å². The number of carbonyl (C=O) groups excluding carboxylic acids is 1. The molecule has 39 heavy (non-hydrogen) atoms. The lowest BCUT2D eigenvalue weighted by molar-refractivity contribution is 0.0504. The van der Waals surface area contributed by atoms with Gasteiger partial charge in [-0.15, -0.1) is 0 Å². The largest absolute Gasteiger partial charge is 0.477 e. The number of nitrogens with one attached hydrogen (secondary N) is 1. The van der Waals surface area contributed by atoms with Crippen molar-refractivity contribution < 1.29 is 28.2 Å². The van der Waals surface area contributed by atoms with E-state index in [2.05, 4.69) is 5.32 Å². The molecular weight excluding hydrogens is 510 g/mol. The summed E-state index contributed by atoms with van der Waals surface area (Å²) in [4.78, 5) is 38.6. The molecule has 0 unspecified atom stereocenters. The zero-order valence-electron chi connectivity index (χ0n) is 21.8. The Morgan fingerprint density at radius 2 is 1.79 bits per heavy atom. The Hall–Kier alpha value is -4.15. The molecule has 1 saturated heterocycles. The van der Waals surface area contributed by atoms with Crippen LogP contribution in [-0.4, -0.2) is 46.5 Å². The molecule has 1 saturated carbocycles. The maximum Gasteiger partial charge on any atom is 0.407 e. The third-order valence-electron chi connectivity index (χ3n) is 7.06. The van der Waals surface area contributed by atoms with Crippen LogP contribution in [0.15, 0.2) is 41.3 Å². The SMILES string of the molecule is CC(C)(C)OC(=O)N[C@@H]1CN(c2c(F)cc3c(=O)c(C(=O)O)cn(C4CC4)c3c2F)C[C@H]1c1ccc(N)cc1. The van der Waals surface area contributed by atoms with Gasteiger partial charge >= 0.3 is 12.1 Å². The highest BCUT2D eigenvalue weighted by Gasteiger charge is 2.39. The lowest BCUT2D eigenvalue weighted by atomic mass is 9.94. The zero-order valence-corrected chi connectivity index (χ0v) is 21.8. The highest BCUT2D eigenvalue weighted by molar-refractivity contribution is 5.94. The molecule has 0 spiro atoms. The summed E-state index contributed by atoms with van der Waals surface area (Å²) >= 11 is 0. The molecule has 2 atom stereocenters. The smallest absolute Gasteiger partial charge is 0.407 e. The van der Waals surface area contributed by atoms with Crippen molar-refractivity contribution >= 4 is 34.3 Å². The monoisotopic (exact) mass is 540 g/mol. The van der Waals surface area contributed by atoms with E-state index in [4.69, 9.17) is 10.5 Å². The summed E-state index contributed by atoms with van der Waals surface area (Å²) in [7, 11) is 0. The van der Waals surface area contributed by atoms with Crippen molar-refractivity contribution in [1.82, 2.24) is 9.88 Å². The van der Waals surface area contributed by atoms with Crippen molar-refractivity contribution in [3.05, 3.63) is 69.5 Å². The molecule has 1 aromatic heterocycles. The molecule has 9 nitrogen and oxygen atoms in total. The van der Waals surface area contributed by atoms with E-state index >= 15 is 8.78 Å². The van der Waals surface area contributed by atoms with Crippen molar-refractivity contribution in [2.45, 2.75) is 57.2 Å². The van der Waals surface area contributed by atoms with Crippen molar-refractivity contribution in [2.75, 3.05) is 23.7 Å². The molecule has 0 radical (unpaired) electrons. The van der Waals surface area contributed by atoms with Crippen LogP contribution in [0.2, 0.25) is 0 Å². The van der Waals surface area contributed by atoms with E-state index in [1.165, 1.54) is 9.47 Å². The summed E-state index contributed by atoms with van der Waals surface area (Å²) in [6.45, 7) is 5.43. The minimum atomic E-state index is -1.46. The minimum absolute atomic E-state index is 0.0640. The van der Waals surface area contributed by atoms with Crippen LogP contribution in [0.4, 0.5) is 25.0 Å². The number of hydrogen-bond acceptors (Lipinski definition) is 6. The van der Waals surface area contributed by atoms with Gasteiger partial charge in [-0.2, -0.15) is 0 Å². The van der Waals surface area contributed by atoms with Gasteiger partial charge < -0.3 is 30.4 Å². The number of ether oxygens (including phenoxy) is 1. The quantitative estimate of drug-likeness (QED) is 0.410. The highest BCUT2D eigenvalue weighted by atomic mass is 19.1. The van der Waals surface area contributed by atoms with Gasteiger partial charge in [0.05, 0.1) is 16.9 Å². The first-order chi connectivity index (χ1) is 18.3. The molecule has 4 N–H and O–H groups in total. The maximum atomic E-state index is 16.2. The first kappa shape index (κ1) is 26.5. The number of rotatable bonds is 5. The second-order valence-electron chi connectivity index (χ2n) is 11.2. The molecule has 2 aliphatic rings. The number of aromatic nitrogens is 1. The predicted octanol–water partition coefficient (Wildman–Crippen LogP) is 4.39. The first-order valence-electron chi connectivity index (χ1n) is 12.7. The fourth-order valence-corrected chi connectivity index (χ4v) is 5.19. The summed E-state index contributed by atoms with van der Waals surface area (Å²) in [6.07, 6.45) is 1.86. The standard InChI is InChI=1S/C28H30F2N4O5/c1-28(2,3)39-27(38)32-21-13-33(11-18(21)14-4-6-15(31)7-5-14)24-20(29)10-17-23(22(24)30)34(16-8-9-16)12-19(25(17)35)26(36)37/h4-7,10,12,16,18,21H,8-9,11,13,31H2,1-3H3,(H,32,38)(H,36,37)/t18-,21+/m0/s1. The Morgan fingerprint density at radius 1 is 1.13 bits per heavy atom. The lowest BCUT2D eigenvalue weighted by Gasteiger charge is -2.24. The third-order valence-corrected chi connectivity index (χ3v) is 7.06. The first-order valence-corrected chi connectivity index (χ1v) is 12.7. The summed E-state index contributed by atoms with van der Waals surface area (Å²) < 4.78 is 38.7. The molecule has 0 bridgehead atoms. The number of halogens is 2. The average Bonchev–Trinajstić information content (AvgIpc) is 3.60. The Kier molecular flexibility index (Phi) is 6.48. The molecule has 5 rings (SSSR count). The van der Waals surface area contributed by atoms with Gasteiger partial charge in [-0.05, 0) is 57.4 Å². The maximum absolute atomic E-state index is 16.2. The molecule has 2 heterocycles. The number of anilines is 2. The highest BCUT2D eigenvalue weighted by Crippen LogP contribution is 2.41. The fraction of sp³-hybridized carbons (Fsp3) is 0.393. The van der Waals surface area contributed by atoms with Crippen LogP contribution in [0.5, 0.6) is 0 Å². The summed E-state index contributed by atoms with van der Waals surface area (Å²) in [5, 5.41) is 12.0. The van der Waals surface area contributed by atoms with E-state index in [-0.39, 0.29) is 41.6 Å². The number of aromatic carboxylic acids is 1. The van der Waals surface area contributed by atoms with Gasteiger partial charge in [0, 0.05) is 36.9 Å². The summed E-state index contributed by atoms with van der Waals surface area (Å²) in [5.41, 5.74) is 4.53. The van der Waals surface area contributed by atoms with E-state index in [1.54, 1.807) is 45.0 Å². The molecule has 1 aliphatic heterocycles. The Bertz CT molecular complexity index is 1530. The molecule has 11 heteroatoms. The van der Waals surface area contributed by atoms with Gasteiger partial charge in [0.15, 0.2) is 5.82 Å². The summed E-state index contributed by atoms with van der Waals surface area (Å²) in [6, 6.07) is 7.22. The van der Waals surface area contributed by atoms with Crippen LogP contribution in [0.1, 0.15) is 61.5 Å². The van der Waals surface area contributed by atoms with Gasteiger partial charge in [-0.25, -0.2) is 18.4 Å². The number of alkyl carbamates (subject to hydrolysis) is 1. The number of hydrogen-bond donors (Lipinski definition) is 3. The molecule has 1 amide bonds. The van der Waals surface area contributed by atoms with Crippen LogP contribution in [-0.2, 0) is 4.74 Å². The number of amides is 1. The van der Waals surface area contributed by atoms with E-state index in [1.807, 2.05) is 0 Å². The molecule has 206 valence electrons. The molecule has 1 aliphatic carbocycles. The number of benzene rings is 2. The van der Waals surface area contributed by atoms with E-state index in [0.717, 1.165) is 17.8 Å². The number of carbonyl (C=O) groups is 2. The predicted molar refractivity (Wildman–Crippen MR) is 142 cm³/mol. The van der Waals surface area contributed by atoms with Gasteiger partial charge in [0.25, 0.3) is 0 Å². The van der Waals surface area contributed by atoms with Crippen LogP contribution < -0.4 is 21.4 Å². The second-order valence-corrected chi connectivity index (χ2v) is 11.2. The van der Waals surface area contributed by atoms with Gasteiger partial charge in [0.1, 0.15) is 22.7 Å². The van der Waals surface area contributed by atoms with Crippen molar-refractivity contribution in [1.29, 1.82) is 0 Å². The molecule has 2 fully saturated rings.